The number of rotatable bonds is 5. The average molecular weight is 439 g/mol. The third-order valence-corrected chi connectivity index (χ3v) is 5.82. The molecule has 0 saturated heterocycles. The first-order valence-electron chi connectivity index (χ1n) is 10.4. The van der Waals surface area contributed by atoms with Crippen LogP contribution < -0.4 is 16.2 Å². The summed E-state index contributed by atoms with van der Waals surface area (Å²) in [6, 6.07) is 12.1. The fourth-order valence-corrected chi connectivity index (χ4v) is 4.11. The van der Waals surface area contributed by atoms with Crippen molar-refractivity contribution in [3.8, 4) is 0 Å². The highest BCUT2D eigenvalue weighted by molar-refractivity contribution is 6.34. The van der Waals surface area contributed by atoms with E-state index in [1.165, 1.54) is 17.2 Å². The normalized spacial score (nSPS) is 14.4. The number of benzene rings is 2. The molecule has 8 heteroatoms. The van der Waals surface area contributed by atoms with Crippen molar-refractivity contribution in [2.45, 2.75) is 44.7 Å². The van der Waals surface area contributed by atoms with E-state index in [-0.39, 0.29) is 30.0 Å². The van der Waals surface area contributed by atoms with Gasteiger partial charge >= 0.3 is 0 Å². The van der Waals surface area contributed by atoms with Gasteiger partial charge in [-0.15, -0.1) is 0 Å². The molecule has 4 rings (SSSR count). The van der Waals surface area contributed by atoms with Crippen molar-refractivity contribution in [2.24, 2.45) is 0 Å². The Bertz CT molecular complexity index is 1180. The van der Waals surface area contributed by atoms with Crippen LogP contribution in [0.3, 0.4) is 0 Å². The number of amides is 2. The first kappa shape index (κ1) is 21.1. The summed E-state index contributed by atoms with van der Waals surface area (Å²) >= 11 is 6.24. The first-order chi connectivity index (χ1) is 15.0. The van der Waals surface area contributed by atoms with Gasteiger partial charge in [-0.1, -0.05) is 43.0 Å². The minimum atomic E-state index is -0.389. The van der Waals surface area contributed by atoms with Crippen LogP contribution in [0.5, 0.6) is 0 Å². The summed E-state index contributed by atoms with van der Waals surface area (Å²) in [5.74, 6) is -0.635. The lowest BCUT2D eigenvalue weighted by atomic mass is 9.95. The lowest BCUT2D eigenvalue weighted by Crippen LogP contribution is -2.36. The van der Waals surface area contributed by atoms with Crippen molar-refractivity contribution in [1.29, 1.82) is 0 Å². The number of carbonyl (C=O) groups excluding carboxylic acids is 2. The summed E-state index contributed by atoms with van der Waals surface area (Å²) in [5, 5.41) is 6.11. The van der Waals surface area contributed by atoms with E-state index in [1.54, 1.807) is 36.4 Å². The second-order valence-electron chi connectivity index (χ2n) is 7.72. The van der Waals surface area contributed by atoms with E-state index < -0.39 is 0 Å². The molecular formula is C23H23ClN4O3. The Kier molecular flexibility index (Phi) is 6.32. The van der Waals surface area contributed by atoms with Gasteiger partial charge in [-0.05, 0) is 43.2 Å². The molecule has 1 aliphatic carbocycles. The Morgan fingerprint density at radius 1 is 1.10 bits per heavy atom. The van der Waals surface area contributed by atoms with Crippen LogP contribution in [0, 0.1) is 0 Å². The predicted octanol–water partition coefficient (Wildman–Crippen LogP) is 3.75. The first-order valence-corrected chi connectivity index (χ1v) is 10.7. The smallest absolute Gasteiger partial charge is 0.269 e. The summed E-state index contributed by atoms with van der Waals surface area (Å²) in [7, 11) is 0. The lowest BCUT2D eigenvalue weighted by molar-refractivity contribution is -0.116. The van der Waals surface area contributed by atoms with E-state index in [2.05, 4.69) is 15.6 Å². The topological polar surface area (TPSA) is 93.1 Å². The maximum Gasteiger partial charge on any atom is 0.269 e. The second kappa shape index (κ2) is 9.31. The molecule has 0 radical (unpaired) electrons. The SMILES string of the molecule is O=C(Cn1c(=O)cnc2ccccc21)Nc1ccc(Cl)c(C(=O)NC2CCCCC2)c1. The monoisotopic (exact) mass is 438 g/mol. The summed E-state index contributed by atoms with van der Waals surface area (Å²) in [6.45, 7) is -0.173. The summed E-state index contributed by atoms with van der Waals surface area (Å²) in [4.78, 5) is 41.7. The Morgan fingerprint density at radius 3 is 2.68 bits per heavy atom. The molecule has 0 atom stereocenters. The molecule has 1 fully saturated rings. The number of anilines is 1. The number of para-hydroxylation sites is 2. The molecule has 7 nitrogen and oxygen atoms in total. The van der Waals surface area contributed by atoms with E-state index in [1.807, 2.05) is 6.07 Å². The van der Waals surface area contributed by atoms with Crippen LogP contribution in [0.2, 0.25) is 5.02 Å². The molecule has 0 spiro atoms. The zero-order valence-electron chi connectivity index (χ0n) is 16.9. The molecular weight excluding hydrogens is 416 g/mol. The Morgan fingerprint density at radius 2 is 1.87 bits per heavy atom. The van der Waals surface area contributed by atoms with Crippen molar-refractivity contribution in [3.63, 3.8) is 0 Å². The molecule has 2 amide bonds. The van der Waals surface area contributed by atoms with Gasteiger partial charge < -0.3 is 10.6 Å². The van der Waals surface area contributed by atoms with Crippen LogP contribution in [0.25, 0.3) is 11.0 Å². The average Bonchev–Trinajstić information content (AvgIpc) is 2.77. The Labute approximate surface area is 184 Å². The van der Waals surface area contributed by atoms with Crippen molar-refractivity contribution in [1.82, 2.24) is 14.9 Å². The lowest BCUT2D eigenvalue weighted by Gasteiger charge is -2.23. The molecule has 2 N–H and O–H groups in total. The van der Waals surface area contributed by atoms with Gasteiger partial charge in [-0.25, -0.2) is 4.98 Å². The molecule has 0 unspecified atom stereocenters. The number of nitrogens with zero attached hydrogens (tertiary/aromatic N) is 2. The number of aromatic nitrogens is 2. The van der Waals surface area contributed by atoms with Gasteiger partial charge in [0.25, 0.3) is 11.5 Å². The summed E-state index contributed by atoms with van der Waals surface area (Å²) in [5.41, 5.74) is 1.60. The zero-order chi connectivity index (χ0) is 21.8. The third kappa shape index (κ3) is 4.94. The van der Waals surface area contributed by atoms with Crippen molar-refractivity contribution in [2.75, 3.05) is 5.32 Å². The fraction of sp³-hybridized carbons (Fsp3) is 0.304. The third-order valence-electron chi connectivity index (χ3n) is 5.49. The van der Waals surface area contributed by atoms with Gasteiger partial charge in [-0.3, -0.25) is 19.0 Å². The number of carbonyl (C=O) groups is 2. The van der Waals surface area contributed by atoms with Crippen LogP contribution in [-0.4, -0.2) is 27.4 Å². The fourth-order valence-electron chi connectivity index (χ4n) is 3.91. The van der Waals surface area contributed by atoms with Crippen molar-refractivity contribution < 1.29 is 9.59 Å². The number of halogens is 1. The highest BCUT2D eigenvalue weighted by Crippen LogP contribution is 2.23. The molecule has 160 valence electrons. The maximum atomic E-state index is 12.7. The van der Waals surface area contributed by atoms with Crippen LogP contribution in [0.15, 0.2) is 53.5 Å². The van der Waals surface area contributed by atoms with Gasteiger partial charge in [0.1, 0.15) is 6.54 Å². The second-order valence-corrected chi connectivity index (χ2v) is 8.13. The molecule has 0 bridgehead atoms. The van der Waals surface area contributed by atoms with Crippen molar-refractivity contribution >= 4 is 40.1 Å². The molecule has 1 aliphatic rings. The molecule has 3 aromatic rings. The van der Waals surface area contributed by atoms with Gasteiger partial charge in [0, 0.05) is 11.7 Å². The van der Waals surface area contributed by atoms with E-state index in [0.717, 1.165) is 25.7 Å². The predicted molar refractivity (Wildman–Crippen MR) is 120 cm³/mol. The molecule has 0 aliphatic heterocycles. The quantitative estimate of drug-likeness (QED) is 0.634. The number of fused-ring (bicyclic) bond motifs is 1. The van der Waals surface area contributed by atoms with Crippen LogP contribution >= 0.6 is 11.6 Å². The van der Waals surface area contributed by atoms with Crippen LogP contribution in [-0.2, 0) is 11.3 Å². The largest absolute Gasteiger partial charge is 0.349 e. The van der Waals surface area contributed by atoms with Gasteiger partial charge in [0.05, 0.1) is 27.8 Å². The van der Waals surface area contributed by atoms with E-state index >= 15 is 0 Å². The Balaban J connectivity index is 1.49. The molecule has 2 aromatic carbocycles. The Hall–Kier alpha value is -3.19. The molecule has 1 aromatic heterocycles. The van der Waals surface area contributed by atoms with Crippen LogP contribution in [0.4, 0.5) is 5.69 Å². The van der Waals surface area contributed by atoms with Gasteiger partial charge in [0.2, 0.25) is 5.91 Å². The zero-order valence-corrected chi connectivity index (χ0v) is 17.7. The van der Waals surface area contributed by atoms with Crippen LogP contribution in [0.1, 0.15) is 42.5 Å². The number of nitrogens with one attached hydrogen (secondary N) is 2. The minimum Gasteiger partial charge on any atom is -0.349 e. The van der Waals surface area contributed by atoms with Crippen molar-refractivity contribution in [3.05, 3.63) is 69.6 Å². The van der Waals surface area contributed by atoms with E-state index in [4.69, 9.17) is 11.6 Å². The maximum absolute atomic E-state index is 12.7. The van der Waals surface area contributed by atoms with Gasteiger partial charge in [-0.2, -0.15) is 0 Å². The summed E-state index contributed by atoms with van der Waals surface area (Å²) < 4.78 is 1.37. The summed E-state index contributed by atoms with van der Waals surface area (Å²) in [6.07, 6.45) is 6.55. The minimum absolute atomic E-state index is 0.155. The van der Waals surface area contributed by atoms with Gasteiger partial charge in [0.15, 0.2) is 0 Å². The highest BCUT2D eigenvalue weighted by atomic mass is 35.5. The standard InChI is InChI=1S/C23H23ClN4O3/c24-18-11-10-16(12-17(18)23(31)27-15-6-2-1-3-7-15)26-21(29)14-28-20-9-5-4-8-19(20)25-13-22(28)30/h4-5,8-13,15H,1-3,6-7,14H2,(H,26,29)(H,27,31). The molecule has 1 saturated carbocycles. The highest BCUT2D eigenvalue weighted by Gasteiger charge is 2.19. The number of hydrogen-bond donors (Lipinski definition) is 2. The van der Waals surface area contributed by atoms with E-state index in [0.29, 0.717) is 27.3 Å². The molecule has 1 heterocycles. The number of hydrogen-bond acceptors (Lipinski definition) is 4. The van der Waals surface area contributed by atoms with E-state index in [9.17, 15) is 14.4 Å². The molecule has 31 heavy (non-hydrogen) atoms.